The van der Waals surface area contributed by atoms with E-state index in [1.807, 2.05) is 12.3 Å². The lowest BCUT2D eigenvalue weighted by Crippen LogP contribution is -2.34. The van der Waals surface area contributed by atoms with Crippen molar-refractivity contribution in [2.75, 3.05) is 18.0 Å². The Morgan fingerprint density at radius 2 is 2.18 bits per heavy atom. The largest absolute Gasteiger partial charge is 0.370 e. The molecule has 0 bridgehead atoms. The second-order valence-corrected chi connectivity index (χ2v) is 4.89. The first-order valence-corrected chi connectivity index (χ1v) is 6.74. The third kappa shape index (κ3) is 2.97. The number of pyridine rings is 1. The number of rotatable bonds is 4. The molecule has 1 aliphatic heterocycles. The molecule has 0 amide bonds. The maximum absolute atomic E-state index is 5.74. The minimum Gasteiger partial charge on any atom is -0.370 e. The van der Waals surface area contributed by atoms with Gasteiger partial charge in [0.2, 0.25) is 0 Å². The first-order chi connectivity index (χ1) is 8.35. The van der Waals surface area contributed by atoms with Crippen molar-refractivity contribution in [3.63, 3.8) is 0 Å². The van der Waals surface area contributed by atoms with Crippen LogP contribution in [0.4, 0.5) is 5.69 Å². The summed E-state index contributed by atoms with van der Waals surface area (Å²) in [6.07, 6.45) is 7.14. The van der Waals surface area contributed by atoms with Crippen LogP contribution in [0.5, 0.6) is 0 Å². The van der Waals surface area contributed by atoms with E-state index in [-0.39, 0.29) is 0 Å². The molecule has 1 aliphatic rings. The van der Waals surface area contributed by atoms with Gasteiger partial charge in [0.1, 0.15) is 0 Å². The Hall–Kier alpha value is -1.09. The van der Waals surface area contributed by atoms with Crippen LogP contribution in [0.15, 0.2) is 18.3 Å². The first-order valence-electron chi connectivity index (χ1n) is 6.74. The van der Waals surface area contributed by atoms with Crippen molar-refractivity contribution in [2.24, 2.45) is 11.7 Å². The summed E-state index contributed by atoms with van der Waals surface area (Å²) in [4.78, 5) is 6.81. The Morgan fingerprint density at radius 1 is 1.41 bits per heavy atom. The van der Waals surface area contributed by atoms with Gasteiger partial charge in [-0.2, -0.15) is 0 Å². The fourth-order valence-electron chi connectivity index (χ4n) is 2.75. The molecule has 0 unspecified atom stereocenters. The van der Waals surface area contributed by atoms with Gasteiger partial charge in [-0.05, 0) is 30.9 Å². The van der Waals surface area contributed by atoms with Crippen molar-refractivity contribution in [1.29, 1.82) is 0 Å². The predicted molar refractivity (Wildman–Crippen MR) is 72.0 cm³/mol. The molecule has 1 aromatic rings. The highest BCUT2D eigenvalue weighted by Crippen LogP contribution is 2.27. The number of aromatic nitrogens is 1. The van der Waals surface area contributed by atoms with E-state index in [9.17, 15) is 0 Å². The van der Waals surface area contributed by atoms with Crippen LogP contribution in [0, 0.1) is 5.92 Å². The lowest BCUT2D eigenvalue weighted by Gasteiger charge is -2.34. The number of nitrogens with zero attached hydrogens (tertiary/aromatic N) is 2. The fraction of sp³-hybridized carbons (Fsp3) is 0.643. The van der Waals surface area contributed by atoms with Crippen LogP contribution in [0.25, 0.3) is 0 Å². The topological polar surface area (TPSA) is 42.2 Å². The molecule has 2 N–H and O–H groups in total. The van der Waals surface area contributed by atoms with Crippen LogP contribution in [-0.4, -0.2) is 18.1 Å². The third-order valence-corrected chi connectivity index (χ3v) is 3.71. The zero-order valence-electron chi connectivity index (χ0n) is 10.7. The monoisotopic (exact) mass is 233 g/mol. The van der Waals surface area contributed by atoms with Crippen molar-refractivity contribution < 1.29 is 0 Å². The summed E-state index contributed by atoms with van der Waals surface area (Å²) in [6, 6.07) is 4.15. The van der Waals surface area contributed by atoms with Gasteiger partial charge in [-0.3, -0.25) is 4.98 Å². The summed E-state index contributed by atoms with van der Waals surface area (Å²) in [5, 5.41) is 0. The van der Waals surface area contributed by atoms with Crippen LogP contribution in [0.2, 0.25) is 0 Å². The zero-order valence-corrected chi connectivity index (χ0v) is 10.7. The average Bonchev–Trinajstić information content (AvgIpc) is 2.40. The molecule has 0 spiro atoms. The maximum Gasteiger partial charge on any atom is 0.0772 e. The summed E-state index contributed by atoms with van der Waals surface area (Å²) in [7, 11) is 0. The van der Waals surface area contributed by atoms with E-state index >= 15 is 0 Å². The summed E-state index contributed by atoms with van der Waals surface area (Å²) in [6.45, 7) is 5.12. The molecule has 0 atom stereocenters. The Labute approximate surface area is 104 Å². The van der Waals surface area contributed by atoms with Crippen molar-refractivity contribution in [3.05, 3.63) is 24.0 Å². The number of nitrogens with two attached hydrogens (primary N) is 1. The molecular formula is C14H23N3. The standard InChI is InChI=1S/C14H23N3/c1-2-4-12-6-9-17(10-7-12)14-5-3-8-16-13(14)11-15/h3,5,8,12H,2,4,6-7,9-11,15H2,1H3. The van der Waals surface area contributed by atoms with Crippen LogP contribution < -0.4 is 10.6 Å². The number of anilines is 1. The maximum atomic E-state index is 5.74. The van der Waals surface area contributed by atoms with Crippen molar-refractivity contribution >= 4 is 5.69 Å². The Kier molecular flexibility index (Phi) is 4.37. The second kappa shape index (κ2) is 6.01. The minimum atomic E-state index is 0.533. The van der Waals surface area contributed by atoms with Gasteiger partial charge < -0.3 is 10.6 Å². The van der Waals surface area contributed by atoms with Crippen LogP contribution >= 0.6 is 0 Å². The van der Waals surface area contributed by atoms with Gasteiger partial charge in [-0.15, -0.1) is 0 Å². The normalized spacial score (nSPS) is 17.4. The fourth-order valence-corrected chi connectivity index (χ4v) is 2.75. The molecule has 2 rings (SSSR count). The summed E-state index contributed by atoms with van der Waals surface area (Å²) in [5.74, 6) is 0.925. The molecule has 1 aromatic heterocycles. The molecule has 17 heavy (non-hydrogen) atoms. The molecule has 0 aliphatic carbocycles. The molecule has 0 radical (unpaired) electrons. The summed E-state index contributed by atoms with van der Waals surface area (Å²) < 4.78 is 0. The second-order valence-electron chi connectivity index (χ2n) is 4.89. The molecule has 94 valence electrons. The van der Waals surface area contributed by atoms with Gasteiger partial charge in [0.25, 0.3) is 0 Å². The molecule has 1 saturated heterocycles. The van der Waals surface area contributed by atoms with Crippen LogP contribution in [0.3, 0.4) is 0 Å². The third-order valence-electron chi connectivity index (χ3n) is 3.71. The average molecular weight is 233 g/mol. The highest BCUT2D eigenvalue weighted by molar-refractivity contribution is 5.50. The van der Waals surface area contributed by atoms with E-state index in [0.717, 1.165) is 24.7 Å². The van der Waals surface area contributed by atoms with E-state index < -0.39 is 0 Å². The Bertz CT molecular complexity index is 343. The molecule has 0 aromatic carbocycles. The first kappa shape index (κ1) is 12.4. The number of piperidine rings is 1. The van der Waals surface area contributed by atoms with Gasteiger partial charge in [-0.25, -0.2) is 0 Å². The van der Waals surface area contributed by atoms with E-state index in [1.54, 1.807) is 0 Å². The quantitative estimate of drug-likeness (QED) is 0.869. The van der Waals surface area contributed by atoms with E-state index in [0.29, 0.717) is 6.54 Å². The van der Waals surface area contributed by atoms with Crippen LogP contribution in [-0.2, 0) is 6.54 Å². The van der Waals surface area contributed by atoms with Gasteiger partial charge in [0.15, 0.2) is 0 Å². The summed E-state index contributed by atoms with van der Waals surface area (Å²) in [5.41, 5.74) is 8.01. The van der Waals surface area contributed by atoms with E-state index in [2.05, 4.69) is 22.9 Å². The molecule has 3 nitrogen and oxygen atoms in total. The van der Waals surface area contributed by atoms with E-state index in [4.69, 9.17) is 5.73 Å². The predicted octanol–water partition coefficient (Wildman–Crippen LogP) is 2.56. The highest BCUT2D eigenvalue weighted by Gasteiger charge is 2.20. The van der Waals surface area contributed by atoms with Gasteiger partial charge >= 0.3 is 0 Å². The molecule has 1 fully saturated rings. The lowest BCUT2D eigenvalue weighted by atomic mass is 9.92. The smallest absolute Gasteiger partial charge is 0.0772 e. The molecule has 0 saturated carbocycles. The number of hydrogen-bond donors (Lipinski definition) is 1. The van der Waals surface area contributed by atoms with Crippen molar-refractivity contribution in [1.82, 2.24) is 4.98 Å². The number of hydrogen-bond acceptors (Lipinski definition) is 3. The Balaban J connectivity index is 2.00. The summed E-state index contributed by atoms with van der Waals surface area (Å²) >= 11 is 0. The highest BCUT2D eigenvalue weighted by atomic mass is 15.1. The zero-order chi connectivity index (χ0) is 12.1. The van der Waals surface area contributed by atoms with Crippen LogP contribution in [0.1, 0.15) is 38.3 Å². The van der Waals surface area contributed by atoms with Gasteiger partial charge in [-0.1, -0.05) is 19.8 Å². The van der Waals surface area contributed by atoms with Gasteiger partial charge in [0.05, 0.1) is 11.4 Å². The molecular weight excluding hydrogens is 210 g/mol. The molecule has 3 heteroatoms. The van der Waals surface area contributed by atoms with Crippen molar-refractivity contribution in [3.8, 4) is 0 Å². The van der Waals surface area contributed by atoms with Crippen molar-refractivity contribution in [2.45, 2.75) is 39.2 Å². The van der Waals surface area contributed by atoms with E-state index in [1.165, 1.54) is 31.4 Å². The Morgan fingerprint density at radius 3 is 2.82 bits per heavy atom. The van der Waals surface area contributed by atoms with Gasteiger partial charge in [0, 0.05) is 25.8 Å². The lowest BCUT2D eigenvalue weighted by molar-refractivity contribution is 0.378. The SMILES string of the molecule is CCCC1CCN(c2cccnc2CN)CC1. The minimum absolute atomic E-state index is 0.533. The molecule has 2 heterocycles.